The summed E-state index contributed by atoms with van der Waals surface area (Å²) < 4.78 is 5.89. The lowest BCUT2D eigenvalue weighted by Gasteiger charge is -2.12. The van der Waals surface area contributed by atoms with Crippen LogP contribution < -0.4 is 15.4 Å². The Kier molecular flexibility index (Phi) is 4.68. The van der Waals surface area contributed by atoms with Crippen LogP contribution in [0.1, 0.15) is 47.8 Å². The molecule has 0 radical (unpaired) electrons. The number of carbonyl (C=O) groups excluding carboxylic acids is 2. The van der Waals surface area contributed by atoms with Crippen LogP contribution in [0.3, 0.4) is 0 Å². The lowest BCUT2D eigenvalue weighted by atomic mass is 10.1. The summed E-state index contributed by atoms with van der Waals surface area (Å²) in [5.74, 6) is 0.687. The van der Waals surface area contributed by atoms with Crippen LogP contribution in [0.25, 0.3) is 11.2 Å². The van der Waals surface area contributed by atoms with Crippen LogP contribution in [0.15, 0.2) is 30.6 Å². The van der Waals surface area contributed by atoms with Gasteiger partial charge in [0.2, 0.25) is 12.3 Å². The number of nitrogens with one attached hydrogen (secondary N) is 3. The first-order valence-corrected chi connectivity index (χ1v) is 9.20. The molecule has 1 aliphatic rings. The second kappa shape index (κ2) is 7.30. The second-order valence-electron chi connectivity index (χ2n) is 7.07. The molecule has 4 rings (SSSR count). The van der Waals surface area contributed by atoms with Gasteiger partial charge in [-0.25, -0.2) is 9.97 Å². The van der Waals surface area contributed by atoms with Crippen molar-refractivity contribution in [3.8, 4) is 11.6 Å². The van der Waals surface area contributed by atoms with Gasteiger partial charge in [-0.15, -0.1) is 0 Å². The van der Waals surface area contributed by atoms with E-state index in [0.717, 1.165) is 24.8 Å². The van der Waals surface area contributed by atoms with Crippen molar-refractivity contribution in [3.05, 3.63) is 47.3 Å². The zero-order valence-corrected chi connectivity index (χ0v) is 15.7. The minimum atomic E-state index is -0.215. The highest BCUT2D eigenvalue weighted by molar-refractivity contribution is 6.04. The maximum absolute atomic E-state index is 12.4. The minimum Gasteiger partial charge on any atom is -0.437 e. The van der Waals surface area contributed by atoms with Crippen molar-refractivity contribution >= 4 is 23.5 Å². The molecule has 3 aromatic rings. The molecular weight excluding hydrogens is 358 g/mol. The number of aryl methyl sites for hydroxylation is 1. The zero-order valence-electron chi connectivity index (χ0n) is 15.7. The molecule has 8 heteroatoms. The average molecular weight is 379 g/mol. The van der Waals surface area contributed by atoms with E-state index in [-0.39, 0.29) is 18.0 Å². The third kappa shape index (κ3) is 3.40. The highest BCUT2D eigenvalue weighted by atomic mass is 16.5. The quantitative estimate of drug-likeness (QED) is 0.571. The number of rotatable bonds is 6. The fourth-order valence-electron chi connectivity index (χ4n) is 3.46. The Bertz CT molecular complexity index is 1040. The fraction of sp³-hybridized carbons (Fsp3) is 0.300. The Labute approximate surface area is 161 Å². The van der Waals surface area contributed by atoms with Crippen LogP contribution >= 0.6 is 0 Å². The van der Waals surface area contributed by atoms with E-state index in [4.69, 9.17) is 4.74 Å². The minimum absolute atomic E-state index is 0.000574. The summed E-state index contributed by atoms with van der Waals surface area (Å²) >= 11 is 0. The van der Waals surface area contributed by atoms with Gasteiger partial charge >= 0.3 is 0 Å². The van der Waals surface area contributed by atoms with Crippen LogP contribution in [0.4, 0.5) is 0 Å². The van der Waals surface area contributed by atoms with Crippen LogP contribution in [-0.2, 0) is 11.2 Å². The summed E-state index contributed by atoms with van der Waals surface area (Å²) in [6, 6.07) is 5.81. The van der Waals surface area contributed by atoms with Crippen molar-refractivity contribution in [1.82, 2.24) is 25.6 Å². The molecular formula is C20H21N5O3. The highest BCUT2D eigenvalue weighted by Crippen LogP contribution is 2.34. The van der Waals surface area contributed by atoms with E-state index in [1.54, 1.807) is 6.20 Å². The molecule has 2 heterocycles. The Hall–Kier alpha value is -3.42. The molecule has 0 saturated heterocycles. The summed E-state index contributed by atoms with van der Waals surface area (Å²) in [5.41, 5.74) is 3.65. The number of hydrogen-bond donors (Lipinski definition) is 3. The molecule has 3 N–H and O–H groups in total. The zero-order chi connectivity index (χ0) is 19.7. The van der Waals surface area contributed by atoms with Crippen molar-refractivity contribution in [2.24, 2.45) is 0 Å². The molecule has 2 aromatic heterocycles. The van der Waals surface area contributed by atoms with Crippen molar-refractivity contribution in [1.29, 1.82) is 0 Å². The predicted molar refractivity (Wildman–Crippen MR) is 103 cm³/mol. The smallest absolute Gasteiger partial charge is 0.255 e. The molecule has 144 valence electrons. The molecule has 0 fully saturated rings. The number of aromatic amines is 1. The van der Waals surface area contributed by atoms with Gasteiger partial charge in [0.25, 0.3) is 5.91 Å². The van der Waals surface area contributed by atoms with Gasteiger partial charge in [-0.2, -0.15) is 0 Å². The fourth-order valence-corrected chi connectivity index (χ4v) is 3.46. The maximum Gasteiger partial charge on any atom is 0.255 e. The number of H-pyrrole nitrogens is 1. The Morgan fingerprint density at radius 2 is 2.25 bits per heavy atom. The first-order chi connectivity index (χ1) is 13.5. The number of nitrogens with zero attached hydrogens (tertiary/aromatic N) is 2. The number of ether oxygens (including phenoxy) is 1. The SMILES string of the molecule is CC(C)NC(=O)c1c[nH]c2ncc(Oc3ccc4c(c3)[C@H](NC=O)CC4)nc12. The molecule has 8 nitrogen and oxygen atoms in total. The maximum atomic E-state index is 12.4. The Balaban J connectivity index is 1.61. The van der Waals surface area contributed by atoms with Crippen molar-refractivity contribution < 1.29 is 14.3 Å². The molecule has 28 heavy (non-hydrogen) atoms. The molecule has 1 aromatic carbocycles. The summed E-state index contributed by atoms with van der Waals surface area (Å²) in [6.45, 7) is 3.79. The average Bonchev–Trinajstić information content (AvgIpc) is 3.25. The number of fused-ring (bicyclic) bond motifs is 2. The predicted octanol–water partition coefficient (Wildman–Crippen LogP) is 2.62. The first-order valence-electron chi connectivity index (χ1n) is 9.20. The van der Waals surface area contributed by atoms with Gasteiger partial charge in [0.05, 0.1) is 17.8 Å². The summed E-state index contributed by atoms with van der Waals surface area (Å²) in [6.07, 6.45) is 5.63. The van der Waals surface area contributed by atoms with Crippen molar-refractivity contribution in [2.45, 2.75) is 38.8 Å². The number of carbonyl (C=O) groups is 2. The Morgan fingerprint density at radius 3 is 3.04 bits per heavy atom. The highest BCUT2D eigenvalue weighted by Gasteiger charge is 2.22. The van der Waals surface area contributed by atoms with E-state index in [1.807, 2.05) is 32.0 Å². The van der Waals surface area contributed by atoms with E-state index < -0.39 is 0 Å². The van der Waals surface area contributed by atoms with Crippen LogP contribution in [0, 0.1) is 0 Å². The van der Waals surface area contributed by atoms with E-state index in [0.29, 0.717) is 28.4 Å². The summed E-state index contributed by atoms with van der Waals surface area (Å²) in [4.78, 5) is 34.9. The number of hydrogen-bond acceptors (Lipinski definition) is 5. The molecule has 2 amide bonds. The van der Waals surface area contributed by atoms with E-state index >= 15 is 0 Å². The van der Waals surface area contributed by atoms with Gasteiger partial charge in [-0.05, 0) is 49.9 Å². The van der Waals surface area contributed by atoms with Gasteiger partial charge in [0.15, 0.2) is 5.65 Å². The molecule has 1 aliphatic carbocycles. The van der Waals surface area contributed by atoms with Gasteiger partial charge < -0.3 is 20.4 Å². The van der Waals surface area contributed by atoms with Gasteiger partial charge in [-0.1, -0.05) is 6.07 Å². The summed E-state index contributed by atoms with van der Waals surface area (Å²) in [7, 11) is 0. The molecule has 1 atom stereocenters. The third-order valence-corrected chi connectivity index (χ3v) is 4.71. The topological polar surface area (TPSA) is 109 Å². The normalized spacial score (nSPS) is 15.5. The van der Waals surface area contributed by atoms with Crippen LogP contribution in [-0.4, -0.2) is 33.3 Å². The number of amides is 2. The molecule has 0 unspecified atom stereocenters. The number of aromatic nitrogens is 3. The Morgan fingerprint density at radius 1 is 1.39 bits per heavy atom. The monoisotopic (exact) mass is 379 g/mol. The van der Waals surface area contributed by atoms with Crippen molar-refractivity contribution in [3.63, 3.8) is 0 Å². The van der Waals surface area contributed by atoms with E-state index in [1.165, 1.54) is 11.8 Å². The molecule has 0 aliphatic heterocycles. The van der Waals surface area contributed by atoms with Gasteiger partial charge in [0, 0.05) is 12.2 Å². The third-order valence-electron chi connectivity index (χ3n) is 4.71. The second-order valence-corrected chi connectivity index (χ2v) is 7.07. The van der Waals surface area contributed by atoms with Crippen LogP contribution in [0.2, 0.25) is 0 Å². The lowest BCUT2D eigenvalue weighted by molar-refractivity contribution is -0.110. The van der Waals surface area contributed by atoms with E-state index in [2.05, 4.69) is 25.6 Å². The standard InChI is InChI=1S/C20H21N5O3/c1-11(2)24-20(27)15-8-21-19-18(15)25-17(9-22-19)28-13-5-3-12-4-6-16(23-10-26)14(12)7-13/h3,5,7-11,16H,4,6H2,1-2H3,(H,21,22)(H,23,26)(H,24,27)/t16-/m1/s1. The van der Waals surface area contributed by atoms with E-state index in [9.17, 15) is 9.59 Å². The molecule has 0 saturated carbocycles. The number of benzene rings is 1. The lowest BCUT2D eigenvalue weighted by Crippen LogP contribution is -2.29. The summed E-state index contributed by atoms with van der Waals surface area (Å²) in [5, 5.41) is 5.68. The molecule has 0 spiro atoms. The van der Waals surface area contributed by atoms with Crippen LogP contribution in [0.5, 0.6) is 11.6 Å². The largest absolute Gasteiger partial charge is 0.437 e. The van der Waals surface area contributed by atoms with Gasteiger partial charge in [0.1, 0.15) is 11.3 Å². The first kappa shape index (κ1) is 18.0. The van der Waals surface area contributed by atoms with Crippen molar-refractivity contribution in [2.75, 3.05) is 0 Å². The van der Waals surface area contributed by atoms with Gasteiger partial charge in [-0.3, -0.25) is 9.59 Å². The molecule has 0 bridgehead atoms.